The summed E-state index contributed by atoms with van der Waals surface area (Å²) in [6, 6.07) is 20.4. The number of fused-ring (bicyclic) bond motifs is 1. The lowest BCUT2D eigenvalue weighted by molar-refractivity contribution is -0.112. The Morgan fingerprint density at radius 3 is 2.55 bits per heavy atom. The van der Waals surface area contributed by atoms with Gasteiger partial charge in [-0.05, 0) is 54.1 Å². The number of aromatic nitrogens is 1. The van der Waals surface area contributed by atoms with Gasteiger partial charge < -0.3 is 25.5 Å². The Kier molecular flexibility index (Phi) is 6.36. The van der Waals surface area contributed by atoms with E-state index >= 15 is 0 Å². The van der Waals surface area contributed by atoms with E-state index in [1.807, 2.05) is 30.5 Å². The average Bonchev–Trinajstić information content (AvgIpc) is 3.32. The molecule has 1 heterocycles. The van der Waals surface area contributed by atoms with Crippen molar-refractivity contribution in [3.63, 3.8) is 0 Å². The monoisotopic (exact) mass is 443 g/mol. The van der Waals surface area contributed by atoms with Crippen LogP contribution < -0.4 is 15.4 Å². The van der Waals surface area contributed by atoms with Crippen LogP contribution in [0.2, 0.25) is 0 Å². The molecule has 4 N–H and O–H groups in total. The molecule has 3 aromatic carbocycles. The number of carboxylic acids is 1. The van der Waals surface area contributed by atoms with Gasteiger partial charge in [0.1, 0.15) is 11.3 Å². The molecule has 0 saturated heterocycles. The summed E-state index contributed by atoms with van der Waals surface area (Å²) in [4.78, 5) is 38.5. The first-order valence-corrected chi connectivity index (χ1v) is 10.2. The first-order chi connectivity index (χ1) is 16.0. The zero-order valence-corrected chi connectivity index (χ0v) is 17.4. The number of carboxylic acid groups (broad SMARTS) is 1. The molecular weight excluding hydrogens is 422 g/mol. The fraction of sp³-hybridized carbons (Fsp3) is 0.0800. The maximum absolute atomic E-state index is 12.5. The number of aldehydes is 1. The van der Waals surface area contributed by atoms with Crippen molar-refractivity contribution >= 4 is 34.8 Å². The third kappa shape index (κ3) is 5.01. The SMILES string of the molecule is O=CC(Nc1ccc(C(=O)NCc2cccc3[nH]ccc23)cc1)Oc1ccccc1C(=O)O. The minimum absolute atomic E-state index is 0.0477. The second-order valence-electron chi connectivity index (χ2n) is 7.24. The van der Waals surface area contributed by atoms with Crippen LogP contribution in [0.25, 0.3) is 10.9 Å². The van der Waals surface area contributed by atoms with Crippen LogP contribution in [0.3, 0.4) is 0 Å². The molecule has 1 atom stereocenters. The van der Waals surface area contributed by atoms with E-state index in [4.69, 9.17) is 4.74 Å². The third-order valence-electron chi connectivity index (χ3n) is 5.08. The highest BCUT2D eigenvalue weighted by Gasteiger charge is 2.16. The average molecular weight is 443 g/mol. The lowest BCUT2D eigenvalue weighted by atomic mass is 10.1. The minimum Gasteiger partial charge on any atom is -0.478 e. The maximum atomic E-state index is 12.5. The number of aromatic amines is 1. The molecule has 4 aromatic rings. The lowest BCUT2D eigenvalue weighted by Crippen LogP contribution is -2.28. The van der Waals surface area contributed by atoms with Crippen LogP contribution in [0.15, 0.2) is 79.0 Å². The third-order valence-corrected chi connectivity index (χ3v) is 5.08. The summed E-state index contributed by atoms with van der Waals surface area (Å²) >= 11 is 0. The largest absolute Gasteiger partial charge is 0.478 e. The molecule has 0 aliphatic rings. The second-order valence-corrected chi connectivity index (χ2v) is 7.24. The Bertz CT molecular complexity index is 1300. The molecule has 166 valence electrons. The summed E-state index contributed by atoms with van der Waals surface area (Å²) in [5.41, 5.74) is 2.96. The van der Waals surface area contributed by atoms with E-state index in [1.165, 1.54) is 12.1 Å². The number of hydrogen-bond acceptors (Lipinski definition) is 5. The van der Waals surface area contributed by atoms with Gasteiger partial charge in [0.25, 0.3) is 5.91 Å². The van der Waals surface area contributed by atoms with Crippen LogP contribution in [-0.4, -0.2) is 34.5 Å². The molecule has 0 saturated carbocycles. The molecule has 33 heavy (non-hydrogen) atoms. The molecule has 0 spiro atoms. The van der Waals surface area contributed by atoms with Crippen molar-refractivity contribution in [1.29, 1.82) is 0 Å². The molecule has 0 aliphatic carbocycles. The number of aromatic carboxylic acids is 1. The van der Waals surface area contributed by atoms with Crippen LogP contribution in [0.5, 0.6) is 5.75 Å². The van der Waals surface area contributed by atoms with E-state index < -0.39 is 12.2 Å². The first-order valence-electron chi connectivity index (χ1n) is 10.2. The molecule has 8 heteroatoms. The molecule has 0 bridgehead atoms. The van der Waals surface area contributed by atoms with E-state index in [0.29, 0.717) is 24.1 Å². The van der Waals surface area contributed by atoms with E-state index in [2.05, 4.69) is 15.6 Å². The molecule has 0 fully saturated rings. The van der Waals surface area contributed by atoms with Gasteiger partial charge in [0.05, 0.1) is 0 Å². The standard InChI is InChI=1S/C25H21N3O5/c29-15-23(33-22-7-2-1-5-20(22)25(31)32)28-18-10-8-16(9-11-18)24(30)27-14-17-4-3-6-21-19(17)12-13-26-21/h1-13,15,23,26,28H,14H2,(H,27,30)(H,31,32). The van der Waals surface area contributed by atoms with Crippen LogP contribution in [0.4, 0.5) is 5.69 Å². The molecule has 1 aromatic heterocycles. The number of carbonyl (C=O) groups is 3. The summed E-state index contributed by atoms with van der Waals surface area (Å²) in [5, 5.41) is 16.1. The van der Waals surface area contributed by atoms with Crippen LogP contribution >= 0.6 is 0 Å². The van der Waals surface area contributed by atoms with Gasteiger partial charge in [0, 0.05) is 34.9 Å². The van der Waals surface area contributed by atoms with E-state index in [9.17, 15) is 19.5 Å². The number of nitrogens with one attached hydrogen (secondary N) is 3. The van der Waals surface area contributed by atoms with Crippen LogP contribution in [0, 0.1) is 0 Å². The maximum Gasteiger partial charge on any atom is 0.339 e. The quantitative estimate of drug-likeness (QED) is 0.231. The summed E-state index contributed by atoms with van der Waals surface area (Å²) in [7, 11) is 0. The second kappa shape index (κ2) is 9.69. The Hall–Kier alpha value is -4.59. The topological polar surface area (TPSA) is 121 Å². The van der Waals surface area contributed by atoms with Crippen molar-refractivity contribution in [3.05, 3.63) is 95.7 Å². The van der Waals surface area contributed by atoms with Crippen molar-refractivity contribution in [2.45, 2.75) is 12.8 Å². The highest BCUT2D eigenvalue weighted by Crippen LogP contribution is 2.20. The zero-order chi connectivity index (χ0) is 23.2. The molecule has 8 nitrogen and oxygen atoms in total. The highest BCUT2D eigenvalue weighted by atomic mass is 16.5. The lowest BCUT2D eigenvalue weighted by Gasteiger charge is -2.17. The van der Waals surface area contributed by atoms with Gasteiger partial charge in [-0.2, -0.15) is 0 Å². The number of para-hydroxylation sites is 1. The number of ether oxygens (including phenoxy) is 1. The zero-order valence-electron chi connectivity index (χ0n) is 17.4. The van der Waals surface area contributed by atoms with Crippen molar-refractivity contribution in [3.8, 4) is 5.75 Å². The number of H-pyrrole nitrogens is 1. The first kappa shape index (κ1) is 21.6. The van der Waals surface area contributed by atoms with Gasteiger partial charge >= 0.3 is 5.97 Å². The Balaban J connectivity index is 1.38. The van der Waals surface area contributed by atoms with Gasteiger partial charge in [-0.25, -0.2) is 4.79 Å². The molecule has 1 amide bonds. The Morgan fingerprint density at radius 2 is 1.79 bits per heavy atom. The Labute approximate surface area is 189 Å². The van der Waals surface area contributed by atoms with Gasteiger partial charge in [-0.1, -0.05) is 24.3 Å². The van der Waals surface area contributed by atoms with Crippen molar-refractivity contribution in [2.24, 2.45) is 0 Å². The van der Waals surface area contributed by atoms with Crippen molar-refractivity contribution < 1.29 is 24.2 Å². The highest BCUT2D eigenvalue weighted by molar-refractivity contribution is 5.95. The number of benzene rings is 3. The smallest absolute Gasteiger partial charge is 0.339 e. The van der Waals surface area contributed by atoms with Crippen molar-refractivity contribution in [1.82, 2.24) is 10.3 Å². The van der Waals surface area contributed by atoms with Crippen LogP contribution in [-0.2, 0) is 11.3 Å². The normalized spacial score (nSPS) is 11.5. The molecule has 1 unspecified atom stereocenters. The van der Waals surface area contributed by atoms with Gasteiger partial charge in [-0.3, -0.25) is 9.59 Å². The summed E-state index contributed by atoms with van der Waals surface area (Å²) in [6.45, 7) is 0.387. The van der Waals surface area contributed by atoms with Crippen LogP contribution in [0.1, 0.15) is 26.3 Å². The minimum atomic E-state index is -1.15. The van der Waals surface area contributed by atoms with E-state index in [1.54, 1.807) is 36.4 Å². The molecule has 4 rings (SSSR count). The summed E-state index contributed by atoms with van der Waals surface area (Å²) in [5.74, 6) is -1.31. The summed E-state index contributed by atoms with van der Waals surface area (Å²) < 4.78 is 5.51. The number of anilines is 1. The number of rotatable bonds is 9. The molecular formula is C25H21N3O5. The Morgan fingerprint density at radius 1 is 1.00 bits per heavy atom. The summed E-state index contributed by atoms with van der Waals surface area (Å²) in [6.07, 6.45) is 1.28. The van der Waals surface area contributed by atoms with E-state index in [-0.39, 0.29) is 17.2 Å². The predicted octanol–water partition coefficient (Wildman–Crippen LogP) is 3.81. The molecule has 0 aliphatic heterocycles. The van der Waals surface area contributed by atoms with Gasteiger partial charge in [0.2, 0.25) is 6.23 Å². The fourth-order valence-corrected chi connectivity index (χ4v) is 3.44. The molecule has 0 radical (unpaired) electrons. The number of hydrogen-bond donors (Lipinski definition) is 4. The van der Waals surface area contributed by atoms with Gasteiger partial charge in [0.15, 0.2) is 6.29 Å². The number of carbonyl (C=O) groups excluding carboxylic acids is 2. The van der Waals surface area contributed by atoms with E-state index in [0.717, 1.165) is 16.5 Å². The number of amides is 1. The fourth-order valence-electron chi connectivity index (χ4n) is 3.44. The predicted molar refractivity (Wildman–Crippen MR) is 123 cm³/mol. The van der Waals surface area contributed by atoms with Crippen molar-refractivity contribution in [2.75, 3.05) is 5.32 Å². The van der Waals surface area contributed by atoms with Gasteiger partial charge in [-0.15, -0.1) is 0 Å².